The average molecular weight is 356 g/mol. The number of aryl methyl sites for hydroxylation is 1. The van der Waals surface area contributed by atoms with Crippen molar-refractivity contribution in [1.82, 2.24) is 24.0 Å². The molecule has 1 aromatic carbocycles. The summed E-state index contributed by atoms with van der Waals surface area (Å²) in [6.45, 7) is 5.23. The number of nitrogens with zero attached hydrogens (tertiary/aromatic N) is 6. The first-order valence-corrected chi connectivity index (χ1v) is 8.70. The maximum Gasteiger partial charge on any atom is 0.255 e. The Kier molecular flexibility index (Phi) is 4.42. The van der Waals surface area contributed by atoms with Crippen LogP contribution >= 0.6 is 0 Å². The smallest absolute Gasteiger partial charge is 0.255 e. The molecule has 1 aliphatic heterocycles. The van der Waals surface area contributed by atoms with Crippen molar-refractivity contribution in [3.63, 3.8) is 0 Å². The molecule has 1 saturated heterocycles. The maximum absolute atomic E-state index is 13.3. The molecule has 0 bridgehead atoms. The third-order valence-corrected chi connectivity index (χ3v) is 4.90. The molecule has 26 heavy (non-hydrogen) atoms. The van der Waals surface area contributed by atoms with Crippen LogP contribution < -0.4 is 10.5 Å². The van der Waals surface area contributed by atoms with Crippen LogP contribution in [0.2, 0.25) is 0 Å². The number of hydrogen-bond acceptors (Lipinski definition) is 5. The van der Waals surface area contributed by atoms with Gasteiger partial charge in [-0.1, -0.05) is 0 Å². The highest BCUT2D eigenvalue weighted by molar-refractivity contribution is 5.75. The summed E-state index contributed by atoms with van der Waals surface area (Å²) in [5.41, 5.74) is 1.60. The SMILES string of the molecule is Cn1cnc(N2CCN(CCn3cnc4cc(F)ccc43)CC2)cc1=O. The molecule has 3 aromatic rings. The molecule has 136 valence electrons. The predicted octanol–water partition coefficient (Wildman–Crippen LogP) is 1.09. The lowest BCUT2D eigenvalue weighted by Gasteiger charge is -2.35. The van der Waals surface area contributed by atoms with Crippen LogP contribution in [-0.4, -0.2) is 56.7 Å². The van der Waals surface area contributed by atoms with Gasteiger partial charge in [0.15, 0.2) is 0 Å². The van der Waals surface area contributed by atoms with Crippen molar-refractivity contribution in [1.29, 1.82) is 0 Å². The highest BCUT2D eigenvalue weighted by atomic mass is 19.1. The molecule has 1 aliphatic rings. The number of aromatic nitrogens is 4. The van der Waals surface area contributed by atoms with Gasteiger partial charge in [0.2, 0.25) is 0 Å². The number of halogens is 1. The van der Waals surface area contributed by atoms with Crippen LogP contribution in [0.5, 0.6) is 0 Å². The van der Waals surface area contributed by atoms with E-state index in [4.69, 9.17) is 0 Å². The molecule has 0 radical (unpaired) electrons. The molecule has 0 N–H and O–H groups in total. The van der Waals surface area contributed by atoms with Crippen molar-refractivity contribution in [3.05, 3.63) is 53.1 Å². The third kappa shape index (κ3) is 3.32. The maximum atomic E-state index is 13.3. The molecule has 0 spiro atoms. The van der Waals surface area contributed by atoms with Gasteiger partial charge < -0.3 is 14.0 Å². The van der Waals surface area contributed by atoms with Crippen LogP contribution in [0.4, 0.5) is 10.2 Å². The molecule has 7 nitrogen and oxygen atoms in total. The van der Waals surface area contributed by atoms with Gasteiger partial charge in [0, 0.05) is 58.4 Å². The summed E-state index contributed by atoms with van der Waals surface area (Å²) >= 11 is 0. The largest absolute Gasteiger partial charge is 0.354 e. The van der Waals surface area contributed by atoms with E-state index in [0.29, 0.717) is 5.52 Å². The van der Waals surface area contributed by atoms with Gasteiger partial charge in [-0.2, -0.15) is 0 Å². The lowest BCUT2D eigenvalue weighted by molar-refractivity contribution is 0.248. The lowest BCUT2D eigenvalue weighted by atomic mass is 10.3. The Morgan fingerprint density at radius 2 is 1.85 bits per heavy atom. The topological polar surface area (TPSA) is 59.2 Å². The van der Waals surface area contributed by atoms with Gasteiger partial charge in [-0.25, -0.2) is 14.4 Å². The van der Waals surface area contributed by atoms with Gasteiger partial charge in [-0.05, 0) is 12.1 Å². The van der Waals surface area contributed by atoms with E-state index in [-0.39, 0.29) is 11.4 Å². The Morgan fingerprint density at radius 3 is 2.62 bits per heavy atom. The van der Waals surface area contributed by atoms with Crippen molar-refractivity contribution < 1.29 is 4.39 Å². The van der Waals surface area contributed by atoms with E-state index in [0.717, 1.165) is 50.6 Å². The Bertz CT molecular complexity index is 973. The fraction of sp³-hybridized carbons (Fsp3) is 0.389. The van der Waals surface area contributed by atoms with E-state index in [1.807, 2.05) is 0 Å². The summed E-state index contributed by atoms with van der Waals surface area (Å²) in [7, 11) is 1.70. The number of fused-ring (bicyclic) bond motifs is 1. The van der Waals surface area contributed by atoms with E-state index < -0.39 is 0 Å². The van der Waals surface area contributed by atoms with Gasteiger partial charge in [0.05, 0.1) is 23.7 Å². The first kappa shape index (κ1) is 16.7. The van der Waals surface area contributed by atoms with Crippen molar-refractivity contribution in [3.8, 4) is 0 Å². The molecule has 0 amide bonds. The van der Waals surface area contributed by atoms with Gasteiger partial charge >= 0.3 is 0 Å². The first-order chi connectivity index (χ1) is 12.6. The van der Waals surface area contributed by atoms with Crippen LogP contribution in [0.3, 0.4) is 0 Å². The molecule has 1 fully saturated rings. The fourth-order valence-corrected chi connectivity index (χ4v) is 3.29. The molecule has 4 rings (SSSR count). The van der Waals surface area contributed by atoms with Crippen LogP contribution in [-0.2, 0) is 13.6 Å². The monoisotopic (exact) mass is 356 g/mol. The highest BCUT2D eigenvalue weighted by Gasteiger charge is 2.18. The fourth-order valence-electron chi connectivity index (χ4n) is 3.29. The Morgan fingerprint density at radius 1 is 1.04 bits per heavy atom. The minimum absolute atomic E-state index is 0.0409. The zero-order valence-electron chi connectivity index (χ0n) is 14.7. The van der Waals surface area contributed by atoms with Gasteiger partial charge in [0.25, 0.3) is 5.56 Å². The second-order valence-electron chi connectivity index (χ2n) is 6.60. The molecule has 0 unspecified atom stereocenters. The third-order valence-electron chi connectivity index (χ3n) is 4.90. The normalized spacial score (nSPS) is 15.7. The number of anilines is 1. The van der Waals surface area contributed by atoms with E-state index in [2.05, 4.69) is 24.3 Å². The number of benzene rings is 1. The van der Waals surface area contributed by atoms with Gasteiger partial charge in [0.1, 0.15) is 11.6 Å². The average Bonchev–Trinajstić information content (AvgIpc) is 3.05. The Labute approximate surface area is 150 Å². The minimum atomic E-state index is -0.261. The number of piperazine rings is 1. The standard InChI is InChI=1S/C18H21FN6O/c1-22-12-21-17(11-18(22)26)24-7-4-23(5-8-24)6-9-25-13-20-15-10-14(19)2-3-16(15)25/h2-3,10-13H,4-9H2,1H3. The zero-order chi connectivity index (χ0) is 18.1. The summed E-state index contributed by atoms with van der Waals surface area (Å²) < 4.78 is 16.8. The van der Waals surface area contributed by atoms with E-state index in [9.17, 15) is 9.18 Å². The molecule has 0 aliphatic carbocycles. The molecule has 0 saturated carbocycles. The van der Waals surface area contributed by atoms with Crippen molar-refractivity contribution in [2.45, 2.75) is 6.54 Å². The Hall–Kier alpha value is -2.74. The summed E-state index contributed by atoms with van der Waals surface area (Å²) in [6, 6.07) is 6.29. The van der Waals surface area contributed by atoms with Gasteiger partial charge in [-0.3, -0.25) is 9.69 Å². The second-order valence-corrected chi connectivity index (χ2v) is 6.60. The van der Waals surface area contributed by atoms with Crippen LogP contribution in [0, 0.1) is 5.82 Å². The van der Waals surface area contributed by atoms with Crippen LogP contribution in [0.15, 0.2) is 41.7 Å². The van der Waals surface area contributed by atoms with E-state index >= 15 is 0 Å². The van der Waals surface area contributed by atoms with E-state index in [1.54, 1.807) is 31.8 Å². The number of imidazole rings is 1. The number of rotatable bonds is 4. The minimum Gasteiger partial charge on any atom is -0.354 e. The first-order valence-electron chi connectivity index (χ1n) is 8.70. The summed E-state index contributed by atoms with van der Waals surface area (Å²) in [5.74, 6) is 0.485. The molecule has 8 heteroatoms. The summed E-state index contributed by atoms with van der Waals surface area (Å²) in [4.78, 5) is 24.9. The van der Waals surface area contributed by atoms with E-state index in [1.165, 1.54) is 16.7 Å². The molecule has 2 aromatic heterocycles. The van der Waals surface area contributed by atoms with Crippen molar-refractivity contribution >= 4 is 16.9 Å². The van der Waals surface area contributed by atoms with Crippen LogP contribution in [0.1, 0.15) is 0 Å². The zero-order valence-corrected chi connectivity index (χ0v) is 14.7. The lowest BCUT2D eigenvalue weighted by Crippen LogP contribution is -2.47. The molecule has 3 heterocycles. The molecule has 0 atom stereocenters. The second kappa shape index (κ2) is 6.87. The van der Waals surface area contributed by atoms with Crippen molar-refractivity contribution in [2.24, 2.45) is 7.05 Å². The summed E-state index contributed by atoms with van der Waals surface area (Å²) in [6.07, 6.45) is 3.33. The Balaban J connectivity index is 1.35. The molecular weight excluding hydrogens is 335 g/mol. The summed E-state index contributed by atoms with van der Waals surface area (Å²) in [5, 5.41) is 0. The van der Waals surface area contributed by atoms with Crippen LogP contribution in [0.25, 0.3) is 11.0 Å². The highest BCUT2D eigenvalue weighted by Crippen LogP contribution is 2.15. The van der Waals surface area contributed by atoms with Crippen molar-refractivity contribution in [2.75, 3.05) is 37.6 Å². The number of hydrogen-bond donors (Lipinski definition) is 0. The molecular formula is C18H21FN6O. The quantitative estimate of drug-likeness (QED) is 0.700. The predicted molar refractivity (Wildman–Crippen MR) is 97.8 cm³/mol. The van der Waals surface area contributed by atoms with Gasteiger partial charge in [-0.15, -0.1) is 0 Å².